The summed E-state index contributed by atoms with van der Waals surface area (Å²) in [6, 6.07) is 0. The quantitative estimate of drug-likeness (QED) is 0.284. The highest BCUT2D eigenvalue weighted by Crippen LogP contribution is 1.80. The molecule has 0 heterocycles. The summed E-state index contributed by atoms with van der Waals surface area (Å²) in [7, 11) is 0. The summed E-state index contributed by atoms with van der Waals surface area (Å²) in [4.78, 5) is 7.56. The van der Waals surface area contributed by atoms with Gasteiger partial charge in [0.05, 0.1) is 12.7 Å². The molecule has 0 aliphatic heterocycles. The Morgan fingerprint density at radius 2 is 2.42 bits per heavy atom. The Bertz CT molecular complexity index is 176. The minimum atomic E-state index is 0.152. The smallest absolute Gasteiger partial charge is 0.125 e. The number of aliphatic imine (C=N–C) groups is 2. The van der Waals surface area contributed by atoms with Crippen molar-refractivity contribution in [2.75, 3.05) is 13.2 Å². The second-order valence-electron chi connectivity index (χ2n) is 1.98. The van der Waals surface area contributed by atoms with E-state index in [2.05, 4.69) is 21.9 Å². The molecule has 0 saturated heterocycles. The summed E-state index contributed by atoms with van der Waals surface area (Å²) in [5.74, 6) is 0.435. The van der Waals surface area contributed by atoms with E-state index in [1.54, 1.807) is 0 Å². The highest BCUT2D eigenvalue weighted by Gasteiger charge is 1.81. The van der Waals surface area contributed by atoms with Gasteiger partial charge in [-0.3, -0.25) is 4.99 Å². The first-order chi connectivity index (χ1) is 5.81. The van der Waals surface area contributed by atoms with Crippen molar-refractivity contribution >= 4 is 12.7 Å². The molecule has 0 aromatic heterocycles. The average Bonchev–Trinajstić information content (AvgIpc) is 2.05. The number of nitrogens with zero attached hydrogens (tertiary/aromatic N) is 2. The lowest BCUT2D eigenvalue weighted by Gasteiger charge is -1.95. The van der Waals surface area contributed by atoms with E-state index in [-0.39, 0.29) is 6.61 Å². The van der Waals surface area contributed by atoms with Crippen molar-refractivity contribution in [1.82, 2.24) is 5.32 Å². The number of nitrogens with one attached hydrogen (secondary N) is 1. The van der Waals surface area contributed by atoms with Gasteiger partial charge in [0.2, 0.25) is 0 Å². The molecule has 0 atom stereocenters. The highest BCUT2D eigenvalue weighted by molar-refractivity contribution is 5.59. The van der Waals surface area contributed by atoms with Crippen LogP contribution in [0.15, 0.2) is 22.4 Å². The highest BCUT2D eigenvalue weighted by atomic mass is 16.3. The van der Waals surface area contributed by atoms with E-state index in [4.69, 9.17) is 10.8 Å². The van der Waals surface area contributed by atoms with Gasteiger partial charge in [0.1, 0.15) is 5.82 Å². The summed E-state index contributed by atoms with van der Waals surface area (Å²) < 4.78 is 0. The third-order valence-corrected chi connectivity index (χ3v) is 0.998. The lowest BCUT2D eigenvalue weighted by molar-refractivity contribution is 0.291. The molecule has 0 aromatic rings. The van der Waals surface area contributed by atoms with Crippen LogP contribution in [0.1, 0.15) is 6.42 Å². The average molecular weight is 170 g/mol. The fourth-order valence-corrected chi connectivity index (χ4v) is 0.474. The molecule has 0 aliphatic carbocycles. The van der Waals surface area contributed by atoms with E-state index in [9.17, 15) is 0 Å². The van der Waals surface area contributed by atoms with Crippen molar-refractivity contribution in [3.05, 3.63) is 12.4 Å². The van der Waals surface area contributed by atoms with Crippen LogP contribution >= 0.6 is 0 Å². The summed E-state index contributed by atoms with van der Waals surface area (Å²) in [6.45, 7) is 4.27. The lowest BCUT2D eigenvalue weighted by Crippen LogP contribution is -2.09. The molecule has 0 saturated carbocycles. The maximum Gasteiger partial charge on any atom is 0.125 e. The van der Waals surface area contributed by atoms with Gasteiger partial charge in [-0.1, -0.05) is 6.58 Å². The zero-order valence-electron chi connectivity index (χ0n) is 6.90. The number of aliphatic hydroxyl groups is 1. The van der Waals surface area contributed by atoms with Crippen LogP contribution in [0.25, 0.3) is 0 Å². The molecule has 68 valence electrons. The van der Waals surface area contributed by atoms with Gasteiger partial charge in [-0.05, 0) is 6.42 Å². The number of hydrogen-bond acceptors (Lipinski definition) is 3. The van der Waals surface area contributed by atoms with Crippen LogP contribution in [0.5, 0.6) is 0 Å². The Labute approximate surface area is 71.7 Å². The molecule has 0 aromatic carbocycles. The molecule has 0 rings (SSSR count). The Hall–Kier alpha value is -1.36. The Balaban J connectivity index is 3.40. The Kier molecular flexibility index (Phi) is 6.87. The molecule has 4 N–H and O–H groups in total. The maximum absolute atomic E-state index is 8.41. The molecule has 5 heteroatoms. The second kappa shape index (κ2) is 7.74. The zero-order chi connectivity index (χ0) is 9.23. The third kappa shape index (κ3) is 6.76. The van der Waals surface area contributed by atoms with E-state index in [0.29, 0.717) is 18.8 Å². The SMILES string of the molecule is C=C(N=CN)NC=NCCCO. The number of hydrogen-bond donors (Lipinski definition) is 3. The van der Waals surface area contributed by atoms with Crippen molar-refractivity contribution in [2.24, 2.45) is 15.7 Å². The molecular weight excluding hydrogens is 156 g/mol. The predicted octanol–water partition coefficient (Wildman–Crippen LogP) is -0.555. The molecular formula is C7H14N4O. The van der Waals surface area contributed by atoms with Gasteiger partial charge in [0, 0.05) is 13.2 Å². The lowest BCUT2D eigenvalue weighted by atomic mass is 10.5. The first-order valence-corrected chi connectivity index (χ1v) is 3.60. The Morgan fingerprint density at radius 1 is 1.67 bits per heavy atom. The van der Waals surface area contributed by atoms with Crippen LogP contribution in [0.2, 0.25) is 0 Å². The van der Waals surface area contributed by atoms with Crippen molar-refractivity contribution in [2.45, 2.75) is 6.42 Å². The summed E-state index contributed by atoms with van der Waals surface area (Å²) in [5, 5.41) is 11.1. The molecule has 0 radical (unpaired) electrons. The third-order valence-electron chi connectivity index (χ3n) is 0.998. The first-order valence-electron chi connectivity index (χ1n) is 3.60. The van der Waals surface area contributed by atoms with Crippen molar-refractivity contribution in [3.8, 4) is 0 Å². The van der Waals surface area contributed by atoms with Crippen LogP contribution in [0, 0.1) is 0 Å². The van der Waals surface area contributed by atoms with Gasteiger partial charge >= 0.3 is 0 Å². The van der Waals surface area contributed by atoms with Gasteiger partial charge in [0.15, 0.2) is 0 Å². The number of aliphatic hydroxyl groups excluding tert-OH is 1. The van der Waals surface area contributed by atoms with Crippen molar-refractivity contribution < 1.29 is 5.11 Å². The standard InChI is InChI=1S/C7H14N4O/c1-7(10-5-8)11-6-9-3-2-4-12/h5-6,12H,1-4H2,(H2,8,10)(H,9,11). The van der Waals surface area contributed by atoms with E-state index >= 15 is 0 Å². The summed E-state index contributed by atoms with van der Waals surface area (Å²) >= 11 is 0. The van der Waals surface area contributed by atoms with Gasteiger partial charge < -0.3 is 16.2 Å². The van der Waals surface area contributed by atoms with Crippen LogP contribution in [0.3, 0.4) is 0 Å². The summed E-state index contributed by atoms with van der Waals surface area (Å²) in [5.41, 5.74) is 5.01. The Morgan fingerprint density at radius 3 is 3.00 bits per heavy atom. The van der Waals surface area contributed by atoms with Crippen LogP contribution < -0.4 is 11.1 Å². The minimum absolute atomic E-state index is 0.152. The van der Waals surface area contributed by atoms with Crippen LogP contribution in [-0.2, 0) is 0 Å². The van der Waals surface area contributed by atoms with Crippen molar-refractivity contribution in [1.29, 1.82) is 0 Å². The van der Waals surface area contributed by atoms with E-state index in [1.165, 1.54) is 6.34 Å². The molecule has 0 amide bonds. The molecule has 12 heavy (non-hydrogen) atoms. The molecule has 0 bridgehead atoms. The zero-order valence-corrected chi connectivity index (χ0v) is 6.90. The molecule has 0 aliphatic rings. The van der Waals surface area contributed by atoms with Gasteiger partial charge in [-0.2, -0.15) is 0 Å². The maximum atomic E-state index is 8.41. The largest absolute Gasteiger partial charge is 0.396 e. The van der Waals surface area contributed by atoms with Gasteiger partial charge in [-0.15, -0.1) is 0 Å². The van der Waals surface area contributed by atoms with Gasteiger partial charge in [0.25, 0.3) is 0 Å². The molecule has 0 spiro atoms. The van der Waals surface area contributed by atoms with Crippen LogP contribution in [-0.4, -0.2) is 30.9 Å². The van der Waals surface area contributed by atoms with E-state index in [0.717, 1.165) is 6.34 Å². The fraction of sp³-hybridized carbons (Fsp3) is 0.429. The molecule has 5 nitrogen and oxygen atoms in total. The molecule has 0 unspecified atom stereocenters. The van der Waals surface area contributed by atoms with E-state index in [1.807, 2.05) is 0 Å². The fourth-order valence-electron chi connectivity index (χ4n) is 0.474. The van der Waals surface area contributed by atoms with Crippen LogP contribution in [0.4, 0.5) is 0 Å². The van der Waals surface area contributed by atoms with Gasteiger partial charge in [-0.25, -0.2) is 4.99 Å². The normalized spacial score (nSPS) is 11.1. The second-order valence-corrected chi connectivity index (χ2v) is 1.98. The number of rotatable bonds is 6. The molecule has 0 fully saturated rings. The van der Waals surface area contributed by atoms with E-state index < -0.39 is 0 Å². The minimum Gasteiger partial charge on any atom is -0.396 e. The predicted molar refractivity (Wildman–Crippen MR) is 50.0 cm³/mol. The van der Waals surface area contributed by atoms with Crippen molar-refractivity contribution in [3.63, 3.8) is 0 Å². The first kappa shape index (κ1) is 10.6. The monoisotopic (exact) mass is 170 g/mol. The summed E-state index contributed by atoms with van der Waals surface area (Å²) in [6.07, 6.45) is 3.28. The number of nitrogens with two attached hydrogens (primary N) is 1. The topological polar surface area (TPSA) is 83.0 Å².